The van der Waals surface area contributed by atoms with Crippen LogP contribution in [0.4, 0.5) is 4.79 Å². The fourth-order valence-corrected chi connectivity index (χ4v) is 5.74. The second-order valence-corrected chi connectivity index (χ2v) is 13.3. The van der Waals surface area contributed by atoms with Crippen molar-refractivity contribution in [1.29, 1.82) is 5.41 Å². The highest BCUT2D eigenvalue weighted by Gasteiger charge is 2.29. The molecule has 0 saturated carbocycles. The molecule has 5 N–H and O–H groups in total. The van der Waals surface area contributed by atoms with E-state index in [0.717, 1.165) is 22.3 Å². The Bertz CT molecular complexity index is 2110. The van der Waals surface area contributed by atoms with E-state index in [9.17, 15) is 24.5 Å². The molecule has 0 aliphatic heterocycles. The summed E-state index contributed by atoms with van der Waals surface area (Å²) in [5, 5.41) is 25.4. The van der Waals surface area contributed by atoms with Crippen LogP contribution in [0, 0.1) is 15.5 Å². The molecular formula is C44H46N6O9. The van der Waals surface area contributed by atoms with Gasteiger partial charge in [0, 0.05) is 13.0 Å². The Morgan fingerprint density at radius 1 is 0.610 bits per heavy atom. The molecule has 0 fully saturated rings. The molecule has 2 atom stereocenters. The van der Waals surface area contributed by atoms with E-state index in [-0.39, 0.29) is 52.2 Å². The molecule has 59 heavy (non-hydrogen) atoms. The summed E-state index contributed by atoms with van der Waals surface area (Å²) in [6.07, 6.45) is -0.689. The Morgan fingerprint density at radius 3 is 1.66 bits per heavy atom. The lowest BCUT2D eigenvalue weighted by Crippen LogP contribution is -2.52. The van der Waals surface area contributed by atoms with E-state index in [4.69, 9.17) is 24.4 Å². The number of carbonyl (C=O) groups excluding carboxylic acids is 3. The molecule has 0 heterocycles. The van der Waals surface area contributed by atoms with Crippen LogP contribution in [0.2, 0.25) is 0 Å². The molecule has 0 radical (unpaired) electrons. The Hall–Kier alpha value is -7.42. The maximum Gasteiger partial charge on any atom is 0.408 e. The Labute approximate surface area is 341 Å². The van der Waals surface area contributed by atoms with Crippen LogP contribution in [-0.2, 0) is 51.9 Å². The molecule has 306 valence electrons. The van der Waals surface area contributed by atoms with Crippen molar-refractivity contribution in [1.82, 2.24) is 21.4 Å². The van der Waals surface area contributed by atoms with E-state index >= 15 is 0 Å². The minimum absolute atomic E-state index is 0.0156. The summed E-state index contributed by atoms with van der Waals surface area (Å²) in [5.41, 5.74) is 5.69. The van der Waals surface area contributed by atoms with Crippen LogP contribution in [0.3, 0.4) is 0 Å². The van der Waals surface area contributed by atoms with E-state index in [1.54, 1.807) is 60.0 Å². The van der Waals surface area contributed by atoms with Gasteiger partial charge in [0.15, 0.2) is 16.5 Å². The van der Waals surface area contributed by atoms with Crippen LogP contribution < -0.4 is 30.8 Å². The molecule has 0 unspecified atom stereocenters. The standard InChI is InChI=1S/C44H46N6O9/c45-43(49-50(54)55)46-25-13-22-37(48-44(53)59-31-35-20-11-4-12-21-35)41(51)47-38(42(52)58-30-34-18-9-3-10-19-34)26-36-23-24-39(56-28-32-14-5-1-6-15-32)40(27-36)57-29-33-16-7-2-8-17-33/h1-12,14-21,23-24,27,37-38H,13,22,25-26,28-31H2,(H,47,51)(H,48,53)(H3,45,46,49)/t37-,38-/m0/s1. The first kappa shape index (κ1) is 42.7. The highest BCUT2D eigenvalue weighted by molar-refractivity contribution is 5.89. The predicted molar refractivity (Wildman–Crippen MR) is 219 cm³/mol. The Kier molecular flexibility index (Phi) is 16.6. The SMILES string of the molecule is N=C(NCCC[C@H](NC(=O)OCc1ccccc1)C(=O)N[C@@H](Cc1ccc(OCc2ccccc2)c(OCc2ccccc2)c1)C(=O)OCc1ccccc1)N[N+](=O)[O-]. The van der Waals surface area contributed by atoms with Crippen molar-refractivity contribution in [3.05, 3.63) is 177 Å². The van der Waals surface area contributed by atoms with Gasteiger partial charge in [-0.25, -0.2) is 19.7 Å². The number of guanidine groups is 1. The number of rotatable bonds is 21. The number of hydrogen-bond acceptors (Lipinski definition) is 10. The van der Waals surface area contributed by atoms with Gasteiger partial charge >= 0.3 is 12.1 Å². The predicted octanol–water partition coefficient (Wildman–Crippen LogP) is 6.00. The van der Waals surface area contributed by atoms with Crippen molar-refractivity contribution in [3.8, 4) is 11.5 Å². The summed E-state index contributed by atoms with van der Waals surface area (Å²) in [6, 6.07) is 40.2. The second kappa shape index (κ2) is 23.0. The number of hydrogen-bond donors (Lipinski definition) is 5. The topological polar surface area (TPSA) is 203 Å². The van der Waals surface area contributed by atoms with Gasteiger partial charge in [-0.2, -0.15) is 0 Å². The Balaban J connectivity index is 1.35. The lowest BCUT2D eigenvalue weighted by atomic mass is 10.0. The van der Waals surface area contributed by atoms with Crippen molar-refractivity contribution in [3.63, 3.8) is 0 Å². The van der Waals surface area contributed by atoms with Gasteiger partial charge in [-0.3, -0.25) is 10.2 Å². The van der Waals surface area contributed by atoms with Crippen molar-refractivity contribution < 1.29 is 38.4 Å². The monoisotopic (exact) mass is 802 g/mol. The fraction of sp³-hybridized carbons (Fsp3) is 0.227. The number of esters is 1. The summed E-state index contributed by atoms with van der Waals surface area (Å²) in [6.45, 7) is 0.484. The molecule has 0 saturated heterocycles. The summed E-state index contributed by atoms with van der Waals surface area (Å²) < 4.78 is 23.5. The summed E-state index contributed by atoms with van der Waals surface area (Å²) in [4.78, 5) is 51.5. The van der Waals surface area contributed by atoms with Crippen molar-refractivity contribution in [2.45, 2.75) is 57.8 Å². The minimum atomic E-state index is -1.22. The van der Waals surface area contributed by atoms with Gasteiger partial charge < -0.3 is 34.9 Å². The van der Waals surface area contributed by atoms with Gasteiger partial charge in [0.05, 0.1) is 0 Å². The number of nitrogens with one attached hydrogen (secondary N) is 5. The van der Waals surface area contributed by atoms with Crippen LogP contribution in [0.25, 0.3) is 0 Å². The number of ether oxygens (including phenoxy) is 4. The molecule has 5 aromatic rings. The fourth-order valence-electron chi connectivity index (χ4n) is 5.74. The summed E-state index contributed by atoms with van der Waals surface area (Å²) >= 11 is 0. The van der Waals surface area contributed by atoms with Crippen molar-refractivity contribution >= 4 is 23.9 Å². The quantitative estimate of drug-likeness (QED) is 0.0146. The van der Waals surface area contributed by atoms with Crippen LogP contribution in [0.1, 0.15) is 40.7 Å². The normalized spacial score (nSPS) is 11.5. The number of amides is 2. The summed E-state index contributed by atoms with van der Waals surface area (Å²) in [5.74, 6) is -1.06. The number of carbonyl (C=O) groups is 3. The van der Waals surface area contributed by atoms with E-state index in [1.165, 1.54) is 0 Å². The largest absolute Gasteiger partial charge is 0.485 e. The molecule has 0 aliphatic carbocycles. The van der Waals surface area contributed by atoms with Crippen LogP contribution in [0.5, 0.6) is 11.5 Å². The van der Waals surface area contributed by atoms with Gasteiger partial charge in [-0.05, 0) is 52.8 Å². The molecule has 0 aliphatic rings. The van der Waals surface area contributed by atoms with E-state index < -0.39 is 41.0 Å². The number of hydrazine groups is 1. The third-order valence-corrected chi connectivity index (χ3v) is 8.74. The maximum absolute atomic E-state index is 14.0. The third kappa shape index (κ3) is 15.2. The van der Waals surface area contributed by atoms with Gasteiger partial charge in [-0.15, -0.1) is 0 Å². The third-order valence-electron chi connectivity index (χ3n) is 8.74. The van der Waals surface area contributed by atoms with Gasteiger partial charge in [0.25, 0.3) is 5.96 Å². The second-order valence-electron chi connectivity index (χ2n) is 13.3. The van der Waals surface area contributed by atoms with Crippen molar-refractivity contribution in [2.24, 2.45) is 0 Å². The number of alkyl carbamates (subject to hydrolysis) is 1. The Morgan fingerprint density at radius 2 is 1.12 bits per heavy atom. The van der Waals surface area contributed by atoms with Gasteiger partial charge in [-0.1, -0.05) is 133 Å². The average Bonchev–Trinajstić information content (AvgIpc) is 3.25. The smallest absolute Gasteiger partial charge is 0.408 e. The zero-order chi connectivity index (χ0) is 41.7. The molecule has 15 heteroatoms. The van der Waals surface area contributed by atoms with Crippen molar-refractivity contribution in [2.75, 3.05) is 6.54 Å². The molecule has 0 spiro atoms. The molecular weight excluding hydrogens is 757 g/mol. The van der Waals surface area contributed by atoms with Crippen LogP contribution >= 0.6 is 0 Å². The minimum Gasteiger partial charge on any atom is -0.485 e. The maximum atomic E-state index is 14.0. The van der Waals surface area contributed by atoms with Crippen LogP contribution in [-0.4, -0.2) is 47.6 Å². The van der Waals surface area contributed by atoms with Gasteiger partial charge in [0.2, 0.25) is 5.91 Å². The first-order valence-electron chi connectivity index (χ1n) is 18.9. The highest BCUT2D eigenvalue weighted by atomic mass is 16.7. The average molecular weight is 803 g/mol. The molecule has 15 nitrogen and oxygen atoms in total. The van der Waals surface area contributed by atoms with E-state index in [2.05, 4.69) is 16.0 Å². The molecule has 2 amide bonds. The summed E-state index contributed by atoms with van der Waals surface area (Å²) in [7, 11) is 0. The molecule has 0 bridgehead atoms. The molecule has 0 aromatic heterocycles. The van der Waals surface area contributed by atoms with Gasteiger partial charge in [0.1, 0.15) is 38.5 Å². The number of nitrogens with zero attached hydrogens (tertiary/aromatic N) is 1. The lowest BCUT2D eigenvalue weighted by Gasteiger charge is -2.23. The number of benzene rings is 5. The number of nitro groups is 1. The van der Waals surface area contributed by atoms with Crippen LogP contribution in [0.15, 0.2) is 140 Å². The molecule has 5 rings (SSSR count). The first-order chi connectivity index (χ1) is 28.7. The highest BCUT2D eigenvalue weighted by Crippen LogP contribution is 2.31. The first-order valence-corrected chi connectivity index (χ1v) is 18.9. The lowest BCUT2D eigenvalue weighted by molar-refractivity contribution is -0.525. The zero-order valence-electron chi connectivity index (χ0n) is 32.2. The molecule has 5 aromatic carbocycles. The zero-order valence-corrected chi connectivity index (χ0v) is 32.2. The van der Waals surface area contributed by atoms with E-state index in [0.29, 0.717) is 17.1 Å². The van der Waals surface area contributed by atoms with E-state index in [1.807, 2.05) is 84.9 Å².